The summed E-state index contributed by atoms with van der Waals surface area (Å²) < 4.78 is 13.5. The number of nitrogens with zero attached hydrogens (tertiary/aromatic N) is 4. The molecule has 9 heteroatoms. The molecule has 3 heterocycles. The van der Waals surface area contributed by atoms with Gasteiger partial charge in [-0.1, -0.05) is 35.5 Å². The van der Waals surface area contributed by atoms with Crippen LogP contribution >= 0.6 is 0 Å². The van der Waals surface area contributed by atoms with Crippen molar-refractivity contribution >= 4 is 22.6 Å². The Bertz CT molecular complexity index is 1440. The van der Waals surface area contributed by atoms with Gasteiger partial charge in [0.2, 0.25) is 0 Å². The molecular weight excluding hydrogens is 470 g/mol. The number of fused-ring (bicyclic) bond motifs is 1. The molecule has 192 valence electrons. The Balaban J connectivity index is 1.24. The molecule has 0 radical (unpaired) electrons. The zero-order valence-electron chi connectivity index (χ0n) is 21.1. The van der Waals surface area contributed by atoms with Crippen molar-refractivity contribution in [2.75, 3.05) is 25.5 Å². The highest BCUT2D eigenvalue weighted by atomic mass is 16.5. The molecular formula is C28H31N5O4. The van der Waals surface area contributed by atoms with Crippen molar-refractivity contribution in [3.63, 3.8) is 0 Å². The number of aromatic nitrogens is 3. The number of ether oxygens (including phenoxy) is 1. The Hall–Kier alpha value is -3.98. The summed E-state index contributed by atoms with van der Waals surface area (Å²) in [4.78, 5) is 27.7. The zero-order chi connectivity index (χ0) is 25.8. The summed E-state index contributed by atoms with van der Waals surface area (Å²) in [5.74, 6) is 0.200. The minimum atomic E-state index is -0.629. The lowest BCUT2D eigenvalue weighted by Crippen LogP contribution is -2.35. The van der Waals surface area contributed by atoms with Crippen molar-refractivity contribution in [2.45, 2.75) is 45.3 Å². The molecule has 1 aliphatic rings. The maximum absolute atomic E-state index is 12.7. The van der Waals surface area contributed by atoms with Gasteiger partial charge in [0, 0.05) is 30.6 Å². The van der Waals surface area contributed by atoms with Crippen LogP contribution in [0, 0.1) is 6.92 Å². The summed E-state index contributed by atoms with van der Waals surface area (Å²) in [6.45, 7) is 4.51. The van der Waals surface area contributed by atoms with Crippen LogP contribution in [0.5, 0.6) is 5.75 Å². The third-order valence-corrected chi connectivity index (χ3v) is 6.78. The number of piperidine rings is 1. The molecule has 0 bridgehead atoms. The lowest BCUT2D eigenvalue weighted by atomic mass is 10.1. The summed E-state index contributed by atoms with van der Waals surface area (Å²) in [5.41, 5.74) is 2.04. The Morgan fingerprint density at radius 1 is 1.16 bits per heavy atom. The molecule has 5 rings (SSSR count). The highest BCUT2D eigenvalue weighted by Gasteiger charge is 2.20. The number of benzene rings is 2. The van der Waals surface area contributed by atoms with Gasteiger partial charge in [0.15, 0.2) is 5.69 Å². The van der Waals surface area contributed by atoms with Crippen molar-refractivity contribution in [1.82, 2.24) is 19.9 Å². The molecule has 0 aliphatic carbocycles. The highest BCUT2D eigenvalue weighted by molar-refractivity contribution is 6.03. The number of aryl methyl sites for hydroxylation is 3. The number of nitrogens with one attached hydrogen (secondary N) is 1. The van der Waals surface area contributed by atoms with E-state index in [4.69, 9.17) is 9.15 Å². The average molecular weight is 502 g/mol. The molecule has 37 heavy (non-hydrogen) atoms. The maximum Gasteiger partial charge on any atom is 0.360 e. The van der Waals surface area contributed by atoms with E-state index in [2.05, 4.69) is 39.7 Å². The molecule has 0 spiro atoms. The van der Waals surface area contributed by atoms with E-state index in [9.17, 15) is 9.59 Å². The largest absolute Gasteiger partial charge is 0.490 e. The monoisotopic (exact) mass is 501 g/mol. The second-order valence-corrected chi connectivity index (χ2v) is 9.59. The van der Waals surface area contributed by atoms with E-state index < -0.39 is 11.5 Å². The minimum absolute atomic E-state index is 0.0551. The van der Waals surface area contributed by atoms with Crippen LogP contribution < -0.4 is 15.7 Å². The van der Waals surface area contributed by atoms with Gasteiger partial charge in [0.25, 0.3) is 5.91 Å². The molecule has 0 saturated carbocycles. The van der Waals surface area contributed by atoms with E-state index in [0.717, 1.165) is 44.3 Å². The van der Waals surface area contributed by atoms with E-state index >= 15 is 0 Å². The summed E-state index contributed by atoms with van der Waals surface area (Å²) in [6, 6.07) is 15.5. The first-order valence-electron chi connectivity index (χ1n) is 12.6. The molecule has 9 nitrogen and oxygen atoms in total. The number of carbonyl (C=O) groups is 1. The maximum atomic E-state index is 12.7. The SMILES string of the molecule is Cc1c(OC2CCN(C)CC2)ccc2cc(NC(=O)c3cn(CCCc4ccccc4)nn3)c(=O)oc12. The van der Waals surface area contributed by atoms with Gasteiger partial charge in [-0.3, -0.25) is 9.48 Å². The molecule has 1 amide bonds. The third-order valence-electron chi connectivity index (χ3n) is 6.78. The van der Waals surface area contributed by atoms with Crippen molar-refractivity contribution in [2.24, 2.45) is 0 Å². The van der Waals surface area contributed by atoms with Crippen LogP contribution in [-0.2, 0) is 13.0 Å². The zero-order valence-corrected chi connectivity index (χ0v) is 21.1. The first kappa shape index (κ1) is 24.7. The predicted molar refractivity (Wildman–Crippen MR) is 141 cm³/mol. The Labute approximate surface area is 215 Å². The van der Waals surface area contributed by atoms with Gasteiger partial charge in [0.05, 0.1) is 6.20 Å². The molecule has 1 saturated heterocycles. The van der Waals surface area contributed by atoms with E-state index in [1.807, 2.05) is 37.3 Å². The van der Waals surface area contributed by atoms with E-state index in [1.54, 1.807) is 16.9 Å². The molecule has 1 aliphatic heterocycles. The first-order valence-corrected chi connectivity index (χ1v) is 12.6. The van der Waals surface area contributed by atoms with E-state index in [0.29, 0.717) is 23.3 Å². The standard InChI is InChI=1S/C28H31N5O4/c1-19-25(36-22-12-15-32(2)16-13-22)11-10-21-17-23(28(35)37-26(19)21)29-27(34)24-18-33(31-30-24)14-6-9-20-7-4-3-5-8-20/h3-5,7-8,10-11,17-18,22H,6,9,12-16H2,1-2H3,(H,29,34). The number of amides is 1. The first-order chi connectivity index (χ1) is 18.0. The second kappa shape index (κ2) is 11.0. The summed E-state index contributed by atoms with van der Waals surface area (Å²) >= 11 is 0. The molecule has 1 fully saturated rings. The van der Waals surface area contributed by atoms with Gasteiger partial charge in [-0.2, -0.15) is 0 Å². The average Bonchev–Trinajstić information content (AvgIpc) is 3.38. The Morgan fingerprint density at radius 3 is 2.73 bits per heavy atom. The highest BCUT2D eigenvalue weighted by Crippen LogP contribution is 2.30. The van der Waals surface area contributed by atoms with Crippen LogP contribution in [0.25, 0.3) is 11.0 Å². The van der Waals surface area contributed by atoms with Crippen LogP contribution in [-0.4, -0.2) is 52.0 Å². The van der Waals surface area contributed by atoms with Gasteiger partial charge in [0.1, 0.15) is 23.1 Å². The summed E-state index contributed by atoms with van der Waals surface area (Å²) in [5, 5.41) is 11.3. The summed E-state index contributed by atoms with van der Waals surface area (Å²) in [6.07, 6.45) is 5.42. The smallest absolute Gasteiger partial charge is 0.360 e. The normalized spacial score (nSPS) is 14.6. The third kappa shape index (κ3) is 5.89. The quantitative estimate of drug-likeness (QED) is 0.363. The van der Waals surface area contributed by atoms with Gasteiger partial charge in [-0.05, 0) is 63.4 Å². The van der Waals surface area contributed by atoms with Crippen molar-refractivity contribution in [3.8, 4) is 5.75 Å². The molecule has 2 aromatic heterocycles. The molecule has 0 atom stereocenters. The number of hydrogen-bond acceptors (Lipinski definition) is 7. The van der Waals surface area contributed by atoms with Crippen LogP contribution in [0.15, 0.2) is 63.9 Å². The number of likely N-dealkylation sites (tertiary alicyclic amines) is 1. The number of carbonyl (C=O) groups excluding carboxylic acids is 1. The van der Waals surface area contributed by atoms with Gasteiger partial charge in [-0.25, -0.2) is 4.79 Å². The van der Waals surface area contributed by atoms with Gasteiger partial charge < -0.3 is 19.4 Å². The van der Waals surface area contributed by atoms with Gasteiger partial charge >= 0.3 is 5.63 Å². The molecule has 0 unspecified atom stereocenters. The Morgan fingerprint density at radius 2 is 1.95 bits per heavy atom. The Kier molecular flexibility index (Phi) is 7.32. The van der Waals surface area contributed by atoms with Crippen LogP contribution in [0.4, 0.5) is 5.69 Å². The fraction of sp³-hybridized carbons (Fsp3) is 0.357. The van der Waals surface area contributed by atoms with Crippen LogP contribution in [0.3, 0.4) is 0 Å². The predicted octanol–water partition coefficient (Wildman–Crippen LogP) is 4.05. The van der Waals surface area contributed by atoms with E-state index in [1.165, 1.54) is 5.56 Å². The minimum Gasteiger partial charge on any atom is -0.490 e. The summed E-state index contributed by atoms with van der Waals surface area (Å²) in [7, 11) is 2.11. The lowest BCUT2D eigenvalue weighted by molar-refractivity contribution is 0.102. The molecule has 4 aromatic rings. The van der Waals surface area contributed by atoms with Crippen molar-refractivity contribution < 1.29 is 13.9 Å². The van der Waals surface area contributed by atoms with Gasteiger partial charge in [-0.15, -0.1) is 5.10 Å². The van der Waals surface area contributed by atoms with Crippen molar-refractivity contribution in [1.29, 1.82) is 0 Å². The van der Waals surface area contributed by atoms with E-state index in [-0.39, 0.29) is 17.5 Å². The van der Waals surface area contributed by atoms with Crippen molar-refractivity contribution in [3.05, 3.63) is 82.0 Å². The lowest BCUT2D eigenvalue weighted by Gasteiger charge is -2.29. The van der Waals surface area contributed by atoms with Crippen LogP contribution in [0.2, 0.25) is 0 Å². The van der Waals surface area contributed by atoms with Crippen LogP contribution in [0.1, 0.15) is 40.9 Å². The molecule has 2 aromatic carbocycles. The fourth-order valence-electron chi connectivity index (χ4n) is 4.59. The molecule has 1 N–H and O–H groups in total. The number of anilines is 1. The fourth-order valence-corrected chi connectivity index (χ4v) is 4.59. The number of rotatable bonds is 8. The topological polar surface area (TPSA) is 102 Å². The number of hydrogen-bond donors (Lipinski definition) is 1. The second-order valence-electron chi connectivity index (χ2n) is 9.59.